The van der Waals surface area contributed by atoms with E-state index >= 15 is 0 Å². The molecular formula is C22H31BrN2O. The van der Waals surface area contributed by atoms with Crippen molar-refractivity contribution in [3.8, 4) is 0 Å². The van der Waals surface area contributed by atoms with Crippen molar-refractivity contribution in [2.75, 3.05) is 26.2 Å². The highest BCUT2D eigenvalue weighted by molar-refractivity contribution is 5.90. The molecule has 3 nitrogen and oxygen atoms in total. The van der Waals surface area contributed by atoms with E-state index < -0.39 is 5.41 Å². The molecule has 0 fully saturated rings. The van der Waals surface area contributed by atoms with Crippen molar-refractivity contribution in [2.45, 2.75) is 32.6 Å². The van der Waals surface area contributed by atoms with Gasteiger partial charge in [-0.2, -0.15) is 0 Å². The van der Waals surface area contributed by atoms with Crippen molar-refractivity contribution < 1.29 is 26.3 Å². The molecule has 1 amide bonds. The van der Waals surface area contributed by atoms with Crippen LogP contribution in [0.3, 0.4) is 0 Å². The summed E-state index contributed by atoms with van der Waals surface area (Å²) in [4.78, 5) is 12.8. The molecule has 0 atom stereocenters. The van der Waals surface area contributed by atoms with E-state index in [1.807, 2.05) is 60.7 Å². The normalized spacial score (nSPS) is 11.7. The predicted octanol–water partition coefficient (Wildman–Crippen LogP) is 0.729. The number of hydrogen-bond donors (Lipinski definition) is 1. The highest BCUT2D eigenvalue weighted by atomic mass is 79.9. The van der Waals surface area contributed by atoms with Crippen LogP contribution < -0.4 is 22.7 Å². The third-order valence-electron chi connectivity index (χ3n) is 5.93. The average molecular weight is 419 g/mol. The van der Waals surface area contributed by atoms with Gasteiger partial charge in [0.1, 0.15) is 5.41 Å². The first-order chi connectivity index (χ1) is 12.0. The molecule has 4 heteroatoms. The van der Waals surface area contributed by atoms with Crippen LogP contribution in [0.4, 0.5) is 0 Å². The lowest BCUT2D eigenvalue weighted by Gasteiger charge is -2.40. The van der Waals surface area contributed by atoms with Gasteiger partial charge < -0.3 is 27.2 Å². The molecule has 0 unspecified atom stereocenters. The lowest BCUT2D eigenvalue weighted by molar-refractivity contribution is -0.923. The van der Waals surface area contributed by atoms with Gasteiger partial charge in [0.15, 0.2) is 0 Å². The number of halogens is 1. The maximum atomic E-state index is 12.8. The molecule has 0 heterocycles. The monoisotopic (exact) mass is 418 g/mol. The van der Waals surface area contributed by atoms with Crippen molar-refractivity contribution in [2.24, 2.45) is 5.73 Å². The first kappa shape index (κ1) is 22.4. The highest BCUT2D eigenvalue weighted by Gasteiger charge is 2.42. The van der Waals surface area contributed by atoms with E-state index in [2.05, 4.69) is 20.8 Å². The van der Waals surface area contributed by atoms with E-state index in [9.17, 15) is 4.79 Å². The number of amides is 1. The lowest BCUT2D eigenvalue weighted by Crippen LogP contribution is -3.00. The van der Waals surface area contributed by atoms with Gasteiger partial charge in [-0.05, 0) is 31.9 Å². The van der Waals surface area contributed by atoms with E-state index in [0.717, 1.165) is 41.8 Å². The van der Waals surface area contributed by atoms with Crippen molar-refractivity contribution in [1.29, 1.82) is 0 Å². The maximum Gasteiger partial charge on any atom is 0.232 e. The molecule has 0 bridgehead atoms. The summed E-state index contributed by atoms with van der Waals surface area (Å²) in [6.45, 7) is 10.8. The van der Waals surface area contributed by atoms with Crippen LogP contribution in [0.2, 0.25) is 0 Å². The van der Waals surface area contributed by atoms with Crippen LogP contribution in [0.25, 0.3) is 0 Å². The summed E-state index contributed by atoms with van der Waals surface area (Å²) in [5.74, 6) is -0.272. The van der Waals surface area contributed by atoms with E-state index in [4.69, 9.17) is 5.73 Å². The summed E-state index contributed by atoms with van der Waals surface area (Å²) >= 11 is 0. The van der Waals surface area contributed by atoms with Gasteiger partial charge in [0.25, 0.3) is 0 Å². The van der Waals surface area contributed by atoms with E-state index in [1.165, 1.54) is 0 Å². The SMILES string of the molecule is CC[N+](CC)(CC)CCC(C(N)=O)(c1ccccc1)c1ccccc1.[Br-]. The molecule has 0 saturated carbocycles. The average Bonchev–Trinajstić information content (AvgIpc) is 2.67. The Kier molecular flexibility index (Phi) is 8.51. The minimum atomic E-state index is -0.786. The van der Waals surface area contributed by atoms with Gasteiger partial charge in [-0.15, -0.1) is 0 Å². The van der Waals surface area contributed by atoms with Crippen LogP contribution >= 0.6 is 0 Å². The Morgan fingerprint density at radius 1 is 0.846 bits per heavy atom. The fourth-order valence-electron chi connectivity index (χ4n) is 3.86. The summed E-state index contributed by atoms with van der Waals surface area (Å²) in [6, 6.07) is 20.0. The van der Waals surface area contributed by atoms with Crippen molar-refractivity contribution in [3.63, 3.8) is 0 Å². The van der Waals surface area contributed by atoms with Crippen LogP contribution in [-0.4, -0.2) is 36.6 Å². The summed E-state index contributed by atoms with van der Waals surface area (Å²) in [7, 11) is 0. The van der Waals surface area contributed by atoms with Crippen molar-refractivity contribution in [1.82, 2.24) is 0 Å². The van der Waals surface area contributed by atoms with Gasteiger partial charge in [0.05, 0.1) is 26.2 Å². The molecule has 0 aromatic heterocycles. The van der Waals surface area contributed by atoms with Crippen LogP contribution in [0.1, 0.15) is 38.3 Å². The standard InChI is InChI=1S/C22H30N2O.BrH/c1-4-24(5-2,6-3)18-17-22(21(23)25,19-13-9-7-10-14-19)20-15-11-8-12-16-20;/h7-16H,4-6,17-18H2,1-3H3,(H-,23,25);1H. The maximum absolute atomic E-state index is 12.8. The molecule has 0 saturated heterocycles. The number of quaternary nitrogens is 1. The minimum Gasteiger partial charge on any atom is -1.00 e. The third kappa shape index (κ3) is 4.36. The molecule has 0 radical (unpaired) electrons. The first-order valence-corrected chi connectivity index (χ1v) is 9.30. The van der Waals surface area contributed by atoms with E-state index in [-0.39, 0.29) is 22.9 Å². The second kappa shape index (κ2) is 9.89. The summed E-state index contributed by atoms with van der Waals surface area (Å²) in [6.07, 6.45) is 0.714. The number of hydrogen-bond acceptors (Lipinski definition) is 1. The molecule has 0 aliphatic carbocycles. The third-order valence-corrected chi connectivity index (χ3v) is 5.93. The smallest absolute Gasteiger partial charge is 0.232 e. The molecule has 2 N–H and O–H groups in total. The molecule has 142 valence electrons. The van der Waals surface area contributed by atoms with E-state index in [1.54, 1.807) is 0 Å². The highest BCUT2D eigenvalue weighted by Crippen LogP contribution is 2.36. The topological polar surface area (TPSA) is 43.1 Å². The molecule has 2 aromatic carbocycles. The van der Waals surface area contributed by atoms with Crippen LogP contribution in [0.5, 0.6) is 0 Å². The van der Waals surface area contributed by atoms with Crippen LogP contribution in [0, 0.1) is 0 Å². The molecular weight excluding hydrogens is 388 g/mol. The zero-order chi connectivity index (χ0) is 18.3. The second-order valence-corrected chi connectivity index (χ2v) is 6.77. The van der Waals surface area contributed by atoms with Gasteiger partial charge in [-0.25, -0.2) is 0 Å². The number of benzene rings is 2. The Bertz CT molecular complexity index is 621. The molecule has 0 aliphatic rings. The molecule has 26 heavy (non-hydrogen) atoms. The Hall–Kier alpha value is -1.65. The molecule has 2 aromatic rings. The molecule has 0 spiro atoms. The Morgan fingerprint density at radius 3 is 1.54 bits per heavy atom. The van der Waals surface area contributed by atoms with Gasteiger partial charge >= 0.3 is 0 Å². The van der Waals surface area contributed by atoms with Crippen molar-refractivity contribution in [3.05, 3.63) is 71.8 Å². The van der Waals surface area contributed by atoms with Gasteiger partial charge in [0, 0.05) is 6.42 Å². The number of rotatable bonds is 9. The Balaban J connectivity index is 0.00000338. The second-order valence-electron chi connectivity index (χ2n) is 6.77. The summed E-state index contributed by atoms with van der Waals surface area (Å²) in [5.41, 5.74) is 7.22. The minimum absolute atomic E-state index is 0. The number of nitrogens with zero attached hydrogens (tertiary/aromatic N) is 1. The summed E-state index contributed by atoms with van der Waals surface area (Å²) in [5, 5.41) is 0. The Labute approximate surface area is 168 Å². The fraction of sp³-hybridized carbons (Fsp3) is 0.409. The number of carbonyl (C=O) groups excluding carboxylic acids is 1. The quantitative estimate of drug-likeness (QED) is 0.599. The lowest BCUT2D eigenvalue weighted by atomic mass is 9.71. The zero-order valence-corrected chi connectivity index (χ0v) is 17.7. The molecule has 2 rings (SSSR count). The number of carbonyl (C=O) groups is 1. The predicted molar refractivity (Wildman–Crippen MR) is 104 cm³/mol. The van der Waals surface area contributed by atoms with Crippen molar-refractivity contribution >= 4 is 5.91 Å². The molecule has 0 aliphatic heterocycles. The van der Waals surface area contributed by atoms with Gasteiger partial charge in [-0.1, -0.05) is 60.7 Å². The first-order valence-electron chi connectivity index (χ1n) is 9.30. The van der Waals surface area contributed by atoms with Gasteiger partial charge in [-0.3, -0.25) is 4.79 Å². The number of primary amides is 1. The number of nitrogens with two attached hydrogens (primary N) is 1. The Morgan fingerprint density at radius 2 is 1.23 bits per heavy atom. The van der Waals surface area contributed by atoms with Gasteiger partial charge in [0.2, 0.25) is 5.91 Å². The largest absolute Gasteiger partial charge is 1.00 e. The fourth-order valence-corrected chi connectivity index (χ4v) is 3.86. The van der Waals surface area contributed by atoms with Crippen LogP contribution in [-0.2, 0) is 10.2 Å². The summed E-state index contributed by atoms with van der Waals surface area (Å²) < 4.78 is 0.995. The van der Waals surface area contributed by atoms with Crippen LogP contribution in [0.15, 0.2) is 60.7 Å². The van der Waals surface area contributed by atoms with E-state index in [0.29, 0.717) is 6.42 Å². The zero-order valence-electron chi connectivity index (χ0n) is 16.1.